The molecule has 1 aliphatic rings. The molecule has 1 heterocycles. The van der Waals surface area contributed by atoms with Crippen molar-refractivity contribution in [2.24, 2.45) is 0 Å². The lowest BCUT2D eigenvalue weighted by molar-refractivity contribution is -0.134. The van der Waals surface area contributed by atoms with E-state index in [0.29, 0.717) is 11.8 Å². The van der Waals surface area contributed by atoms with Crippen molar-refractivity contribution in [2.75, 3.05) is 0 Å². The highest BCUT2D eigenvalue weighted by Crippen LogP contribution is 2.35. The molecule has 0 atom stereocenters. The molecule has 2 aromatic carbocycles. The molecule has 0 unspecified atom stereocenters. The number of amides is 2. The molecule has 0 aliphatic carbocycles. The minimum absolute atomic E-state index is 0.0742. The van der Waals surface area contributed by atoms with Gasteiger partial charge in [0.25, 0.3) is 11.8 Å². The summed E-state index contributed by atoms with van der Waals surface area (Å²) in [7, 11) is -6.28. The van der Waals surface area contributed by atoms with Gasteiger partial charge < -0.3 is 4.74 Å². The summed E-state index contributed by atoms with van der Waals surface area (Å²) in [6.45, 7) is 1.87. The number of ether oxygens (including phenoxy) is 1. The maximum Gasteiger partial charge on any atom is 0.525 e. The molecule has 0 bridgehead atoms. The minimum Gasteiger partial charge on any atom is -0.426 e. The molecule has 30 heavy (non-hydrogen) atoms. The molecule has 0 aromatic heterocycles. The monoisotopic (exact) mass is 445 g/mol. The fraction of sp³-hybridized carbons (Fsp3) is 0.278. The van der Waals surface area contributed by atoms with E-state index in [4.69, 9.17) is 4.74 Å². The molecular weight excluding hydrogens is 431 g/mol. The van der Waals surface area contributed by atoms with E-state index in [2.05, 4.69) is 4.28 Å². The standard InChI is InChI=1S/C18H14F3NO7S/c1-2-3-7-14(23)28-11-8-10-5-4-6-12-15(10)13(9-11)17(25)22(16(12)24)29-30(26,27)18(19,20)21/h4-6,8-9H,2-3,7H2,1H3. The number of imide groups is 1. The Labute approximate surface area is 168 Å². The third-order valence-corrected chi connectivity index (χ3v) is 5.11. The molecule has 8 nitrogen and oxygen atoms in total. The number of carbonyl (C=O) groups excluding carboxylic acids is 3. The van der Waals surface area contributed by atoms with Crippen molar-refractivity contribution in [3.63, 3.8) is 0 Å². The van der Waals surface area contributed by atoms with Gasteiger partial charge in [-0.3, -0.25) is 14.4 Å². The lowest BCUT2D eigenvalue weighted by Gasteiger charge is -2.25. The van der Waals surface area contributed by atoms with E-state index in [0.717, 1.165) is 12.5 Å². The smallest absolute Gasteiger partial charge is 0.426 e. The number of rotatable bonds is 6. The topological polar surface area (TPSA) is 107 Å². The predicted molar refractivity (Wildman–Crippen MR) is 95.7 cm³/mol. The number of nitrogens with zero attached hydrogens (tertiary/aromatic N) is 1. The van der Waals surface area contributed by atoms with Crippen LogP contribution in [0.15, 0.2) is 30.3 Å². The summed E-state index contributed by atoms with van der Waals surface area (Å²) in [6.07, 6.45) is 1.41. The minimum atomic E-state index is -6.28. The zero-order valence-corrected chi connectivity index (χ0v) is 16.2. The van der Waals surface area contributed by atoms with E-state index in [9.17, 15) is 36.0 Å². The van der Waals surface area contributed by atoms with Gasteiger partial charge >= 0.3 is 21.6 Å². The molecule has 2 aromatic rings. The van der Waals surface area contributed by atoms with Gasteiger partial charge in [0.15, 0.2) is 0 Å². The largest absolute Gasteiger partial charge is 0.525 e. The maximum atomic E-state index is 12.7. The number of halogens is 3. The predicted octanol–water partition coefficient (Wildman–Crippen LogP) is 3.31. The van der Waals surface area contributed by atoms with Gasteiger partial charge in [0.1, 0.15) is 5.75 Å². The van der Waals surface area contributed by atoms with Crippen LogP contribution in [0.4, 0.5) is 13.2 Å². The summed E-state index contributed by atoms with van der Waals surface area (Å²) >= 11 is 0. The van der Waals surface area contributed by atoms with E-state index in [1.807, 2.05) is 6.92 Å². The van der Waals surface area contributed by atoms with Crippen LogP contribution in [0.25, 0.3) is 10.8 Å². The Bertz CT molecular complexity index is 1160. The second-order valence-corrected chi connectivity index (χ2v) is 7.85. The first-order valence-corrected chi connectivity index (χ1v) is 10.0. The van der Waals surface area contributed by atoms with Crippen LogP contribution in [0.1, 0.15) is 46.9 Å². The number of benzene rings is 2. The molecule has 0 saturated carbocycles. The Morgan fingerprint density at radius 1 is 1.10 bits per heavy atom. The normalized spacial score (nSPS) is 14.3. The molecular formula is C18H14F3NO7S. The van der Waals surface area contributed by atoms with Gasteiger partial charge in [-0.15, -0.1) is 9.35 Å². The van der Waals surface area contributed by atoms with Crippen molar-refractivity contribution >= 4 is 38.7 Å². The number of carbonyl (C=O) groups is 3. The number of esters is 1. The average molecular weight is 445 g/mol. The zero-order chi connectivity index (χ0) is 22.3. The summed E-state index contributed by atoms with van der Waals surface area (Å²) < 4.78 is 69.6. The number of unbranched alkanes of at least 4 members (excludes halogenated alkanes) is 1. The first-order valence-electron chi connectivity index (χ1n) is 8.63. The highest BCUT2D eigenvalue weighted by molar-refractivity contribution is 7.87. The van der Waals surface area contributed by atoms with Crippen LogP contribution in [-0.2, 0) is 19.2 Å². The van der Waals surface area contributed by atoms with E-state index < -0.39 is 38.5 Å². The van der Waals surface area contributed by atoms with Crippen LogP contribution in [0, 0.1) is 0 Å². The third kappa shape index (κ3) is 3.87. The molecule has 0 N–H and O–H groups in total. The van der Waals surface area contributed by atoms with E-state index in [-0.39, 0.29) is 28.7 Å². The second kappa shape index (κ2) is 7.69. The summed E-state index contributed by atoms with van der Waals surface area (Å²) in [5, 5.41) is -0.101. The number of hydrogen-bond donors (Lipinski definition) is 0. The van der Waals surface area contributed by atoms with Gasteiger partial charge in [-0.25, -0.2) is 0 Å². The van der Waals surface area contributed by atoms with Crippen molar-refractivity contribution in [3.8, 4) is 5.75 Å². The van der Waals surface area contributed by atoms with Crippen molar-refractivity contribution in [2.45, 2.75) is 31.7 Å². The Morgan fingerprint density at radius 2 is 1.77 bits per heavy atom. The Kier molecular flexibility index (Phi) is 5.56. The van der Waals surface area contributed by atoms with Crippen molar-refractivity contribution in [1.29, 1.82) is 0 Å². The van der Waals surface area contributed by atoms with Crippen LogP contribution in [0.5, 0.6) is 5.75 Å². The Hall–Kier alpha value is -2.99. The Morgan fingerprint density at radius 3 is 2.40 bits per heavy atom. The van der Waals surface area contributed by atoms with Gasteiger partial charge in [0.2, 0.25) is 0 Å². The first kappa shape index (κ1) is 21.7. The van der Waals surface area contributed by atoms with Gasteiger partial charge in [0, 0.05) is 11.8 Å². The SMILES string of the molecule is CCCCC(=O)Oc1cc2c3c(cccc3c1)C(=O)N(OS(=O)(=O)C(F)(F)F)C2=O. The van der Waals surface area contributed by atoms with Crippen LogP contribution < -0.4 is 4.74 Å². The lowest BCUT2D eigenvalue weighted by Crippen LogP contribution is -2.44. The lowest BCUT2D eigenvalue weighted by atomic mass is 9.95. The molecule has 0 fully saturated rings. The van der Waals surface area contributed by atoms with Crippen LogP contribution in [-0.4, -0.2) is 36.8 Å². The van der Waals surface area contributed by atoms with E-state index in [1.165, 1.54) is 24.3 Å². The molecule has 0 spiro atoms. The van der Waals surface area contributed by atoms with E-state index >= 15 is 0 Å². The van der Waals surface area contributed by atoms with Crippen molar-refractivity contribution in [1.82, 2.24) is 5.06 Å². The molecule has 1 aliphatic heterocycles. The maximum absolute atomic E-state index is 12.7. The molecule has 0 radical (unpaired) electrons. The summed E-state index contributed by atoms with van der Waals surface area (Å²) in [4.78, 5) is 37.0. The van der Waals surface area contributed by atoms with E-state index in [1.54, 1.807) is 0 Å². The Balaban J connectivity index is 2.06. The van der Waals surface area contributed by atoms with Crippen molar-refractivity contribution in [3.05, 3.63) is 41.5 Å². The number of hydrogen-bond acceptors (Lipinski definition) is 7. The first-order chi connectivity index (χ1) is 14.0. The average Bonchev–Trinajstić information content (AvgIpc) is 2.66. The van der Waals surface area contributed by atoms with Crippen LogP contribution in [0.2, 0.25) is 0 Å². The summed E-state index contributed by atoms with van der Waals surface area (Å²) in [6, 6.07) is 6.49. The van der Waals surface area contributed by atoms with Gasteiger partial charge in [-0.1, -0.05) is 25.5 Å². The quantitative estimate of drug-likeness (QED) is 0.291. The number of alkyl halides is 3. The zero-order valence-electron chi connectivity index (χ0n) is 15.4. The van der Waals surface area contributed by atoms with Gasteiger partial charge in [0.05, 0.1) is 11.1 Å². The highest BCUT2D eigenvalue weighted by Gasteiger charge is 2.51. The molecule has 12 heteroatoms. The fourth-order valence-electron chi connectivity index (χ4n) is 2.83. The van der Waals surface area contributed by atoms with Crippen molar-refractivity contribution < 1.29 is 45.0 Å². The highest BCUT2D eigenvalue weighted by atomic mass is 32.2. The summed E-state index contributed by atoms with van der Waals surface area (Å²) in [5.41, 5.74) is -6.45. The summed E-state index contributed by atoms with van der Waals surface area (Å²) in [5.74, 6) is -3.50. The van der Waals surface area contributed by atoms with Crippen LogP contribution >= 0.6 is 0 Å². The van der Waals surface area contributed by atoms with Gasteiger partial charge in [-0.2, -0.15) is 21.6 Å². The third-order valence-electron chi connectivity index (χ3n) is 4.20. The number of hydroxylamine groups is 2. The molecule has 2 amide bonds. The molecule has 3 rings (SSSR count). The molecule has 0 saturated heterocycles. The fourth-order valence-corrected chi connectivity index (χ4v) is 3.25. The molecule has 160 valence electrons. The van der Waals surface area contributed by atoms with Crippen LogP contribution in [0.3, 0.4) is 0 Å². The second-order valence-electron chi connectivity index (χ2n) is 6.33. The van der Waals surface area contributed by atoms with Gasteiger partial charge in [-0.05, 0) is 30.0 Å².